The van der Waals surface area contributed by atoms with Gasteiger partial charge in [-0.1, -0.05) is 35.5 Å². The highest BCUT2D eigenvalue weighted by Gasteiger charge is 2.17. The molecule has 3 aromatic carbocycles. The number of anilines is 1. The van der Waals surface area contributed by atoms with Crippen LogP contribution in [-0.2, 0) is 4.79 Å². The number of benzene rings is 3. The average molecular weight is 535 g/mol. The van der Waals surface area contributed by atoms with Crippen molar-refractivity contribution in [1.29, 1.82) is 0 Å². The summed E-state index contributed by atoms with van der Waals surface area (Å²) in [4.78, 5) is 14.5. The smallest absolute Gasteiger partial charge is 0.250 e. The Hall–Kier alpha value is -3.82. The van der Waals surface area contributed by atoms with Gasteiger partial charge >= 0.3 is 0 Å². The van der Waals surface area contributed by atoms with Crippen LogP contribution in [0.1, 0.15) is 12.5 Å². The molecule has 0 atom stereocenters. The molecule has 0 bridgehead atoms. The van der Waals surface area contributed by atoms with Gasteiger partial charge in [-0.15, -0.1) is 10.2 Å². The number of hydrazone groups is 1. The van der Waals surface area contributed by atoms with Gasteiger partial charge < -0.3 is 9.64 Å². The molecule has 1 heterocycles. The number of hydrogen-bond donors (Lipinski definition) is 1. The third kappa shape index (κ3) is 6.90. The van der Waals surface area contributed by atoms with E-state index in [0.29, 0.717) is 22.6 Å². The molecular weight excluding hydrogens is 508 g/mol. The molecule has 0 unspecified atom stereocenters. The number of ether oxygens (including phenoxy) is 1. The number of amides is 1. The molecule has 0 aliphatic rings. The Morgan fingerprint density at radius 3 is 2.41 bits per heavy atom. The van der Waals surface area contributed by atoms with Crippen LogP contribution < -0.4 is 15.1 Å². The maximum absolute atomic E-state index is 12.5. The molecule has 0 spiro atoms. The Balaban J connectivity index is 1.48. The lowest BCUT2D eigenvalue weighted by Crippen LogP contribution is -2.20. The van der Waals surface area contributed by atoms with Crippen LogP contribution in [0.5, 0.6) is 5.75 Å². The van der Waals surface area contributed by atoms with Crippen molar-refractivity contribution in [2.45, 2.75) is 12.1 Å². The summed E-state index contributed by atoms with van der Waals surface area (Å²) in [6.07, 6.45) is 1.61. The number of thioether (sulfide) groups is 1. The Bertz CT molecular complexity index is 1350. The highest BCUT2D eigenvalue weighted by Crippen LogP contribution is 2.29. The lowest BCUT2D eigenvalue weighted by Gasteiger charge is -2.11. The van der Waals surface area contributed by atoms with Gasteiger partial charge in [-0.2, -0.15) is 5.10 Å². The minimum absolute atomic E-state index is 0.118. The number of hydrogen-bond acceptors (Lipinski definition) is 7. The van der Waals surface area contributed by atoms with Crippen molar-refractivity contribution >= 4 is 41.2 Å². The van der Waals surface area contributed by atoms with Crippen LogP contribution in [0.3, 0.4) is 0 Å². The van der Waals surface area contributed by atoms with E-state index >= 15 is 0 Å². The third-order valence-electron chi connectivity index (χ3n) is 5.29. The number of nitrogens with zero attached hydrogens (tertiary/aromatic N) is 5. The Morgan fingerprint density at radius 1 is 1.05 bits per heavy atom. The van der Waals surface area contributed by atoms with Crippen molar-refractivity contribution in [2.24, 2.45) is 5.10 Å². The lowest BCUT2D eigenvalue weighted by molar-refractivity contribution is -0.118. The molecule has 0 aliphatic carbocycles. The number of carbonyl (C=O) groups is 1. The number of nitrogens with one attached hydrogen (secondary N) is 1. The van der Waals surface area contributed by atoms with Crippen molar-refractivity contribution in [2.75, 3.05) is 31.4 Å². The molecule has 4 rings (SSSR count). The van der Waals surface area contributed by atoms with E-state index in [1.165, 1.54) is 11.8 Å². The number of halogens is 1. The summed E-state index contributed by atoms with van der Waals surface area (Å²) in [5, 5.41) is 14.1. The zero-order chi connectivity index (χ0) is 26.2. The first-order valence-electron chi connectivity index (χ1n) is 11.6. The van der Waals surface area contributed by atoms with Crippen LogP contribution in [0.15, 0.2) is 83.1 Å². The number of aromatic nitrogens is 3. The summed E-state index contributed by atoms with van der Waals surface area (Å²) >= 11 is 7.35. The highest BCUT2D eigenvalue weighted by molar-refractivity contribution is 7.99. The summed E-state index contributed by atoms with van der Waals surface area (Å²) in [5.41, 5.74) is 6.26. The minimum atomic E-state index is -0.250. The van der Waals surface area contributed by atoms with E-state index in [1.54, 1.807) is 18.3 Å². The first-order valence-corrected chi connectivity index (χ1v) is 13.0. The predicted octanol–water partition coefficient (Wildman–Crippen LogP) is 5.29. The second-order valence-corrected chi connectivity index (χ2v) is 9.52. The molecule has 0 aliphatic heterocycles. The van der Waals surface area contributed by atoms with Crippen LogP contribution in [0, 0.1) is 0 Å². The number of carbonyl (C=O) groups excluding carboxylic acids is 1. The van der Waals surface area contributed by atoms with E-state index in [9.17, 15) is 4.79 Å². The van der Waals surface area contributed by atoms with E-state index in [-0.39, 0.29) is 11.7 Å². The molecule has 4 aromatic rings. The summed E-state index contributed by atoms with van der Waals surface area (Å²) in [7, 11) is 3.96. The largest absolute Gasteiger partial charge is 0.494 e. The van der Waals surface area contributed by atoms with Crippen molar-refractivity contribution in [3.63, 3.8) is 0 Å². The molecule has 0 fully saturated rings. The van der Waals surface area contributed by atoms with Gasteiger partial charge in [-0.25, -0.2) is 5.43 Å². The molecule has 10 heteroatoms. The fraction of sp³-hybridized carbons (Fsp3) is 0.185. The maximum atomic E-state index is 12.5. The molecular formula is C27H27ClN6O2S. The highest BCUT2D eigenvalue weighted by atomic mass is 35.5. The van der Waals surface area contributed by atoms with Gasteiger partial charge in [-0.3, -0.25) is 9.36 Å². The van der Waals surface area contributed by atoms with Gasteiger partial charge in [0.2, 0.25) is 0 Å². The maximum Gasteiger partial charge on any atom is 0.250 e. The fourth-order valence-electron chi connectivity index (χ4n) is 3.44. The first-order chi connectivity index (χ1) is 17.9. The third-order valence-corrected chi connectivity index (χ3v) is 6.47. The van der Waals surface area contributed by atoms with E-state index in [4.69, 9.17) is 16.3 Å². The lowest BCUT2D eigenvalue weighted by atomic mass is 10.2. The van der Waals surface area contributed by atoms with Crippen molar-refractivity contribution in [3.05, 3.63) is 83.4 Å². The van der Waals surface area contributed by atoms with Gasteiger partial charge in [0.1, 0.15) is 5.75 Å². The quantitative estimate of drug-likeness (QED) is 0.169. The van der Waals surface area contributed by atoms with Crippen LogP contribution in [-0.4, -0.2) is 53.3 Å². The standard InChI is InChI=1S/C27H27ClN6O2S/c1-4-36-24-15-13-23(14-16-24)34-26(20-7-9-21(28)10-8-20)31-32-27(34)37-18-25(35)30-29-17-19-5-11-22(12-6-19)33(2)3/h5-17H,4,18H2,1-3H3,(H,30,35)/b29-17-. The molecule has 1 aromatic heterocycles. The summed E-state index contributed by atoms with van der Waals surface area (Å²) in [5.74, 6) is 1.28. The number of rotatable bonds is 10. The second kappa shape index (κ2) is 12.4. The normalized spacial score (nSPS) is 11.0. The second-order valence-electron chi connectivity index (χ2n) is 8.14. The average Bonchev–Trinajstić information content (AvgIpc) is 3.33. The van der Waals surface area contributed by atoms with Gasteiger partial charge in [0.25, 0.3) is 5.91 Å². The van der Waals surface area contributed by atoms with Crippen LogP contribution in [0.25, 0.3) is 17.1 Å². The SMILES string of the molecule is CCOc1ccc(-n2c(SCC(=O)N/N=C\c3ccc(N(C)C)cc3)nnc2-c2ccc(Cl)cc2)cc1. The van der Waals surface area contributed by atoms with Crippen LogP contribution >= 0.6 is 23.4 Å². The molecule has 0 saturated carbocycles. The molecule has 1 amide bonds. The zero-order valence-corrected chi connectivity index (χ0v) is 22.3. The van der Waals surface area contributed by atoms with Gasteiger partial charge in [-0.05, 0) is 73.2 Å². The van der Waals surface area contributed by atoms with Gasteiger partial charge in [0.15, 0.2) is 11.0 Å². The summed E-state index contributed by atoms with van der Waals surface area (Å²) < 4.78 is 7.48. The van der Waals surface area contributed by atoms with E-state index in [0.717, 1.165) is 28.3 Å². The molecule has 0 radical (unpaired) electrons. The fourth-order valence-corrected chi connectivity index (χ4v) is 4.31. The monoisotopic (exact) mass is 534 g/mol. The van der Waals surface area contributed by atoms with Gasteiger partial charge in [0, 0.05) is 36.1 Å². The van der Waals surface area contributed by atoms with E-state index in [2.05, 4.69) is 20.7 Å². The Labute approximate surface area is 225 Å². The van der Waals surface area contributed by atoms with Crippen molar-refractivity contribution in [1.82, 2.24) is 20.2 Å². The van der Waals surface area contributed by atoms with Crippen molar-refractivity contribution in [3.8, 4) is 22.8 Å². The van der Waals surface area contributed by atoms with Gasteiger partial charge in [0.05, 0.1) is 18.6 Å². The molecule has 1 N–H and O–H groups in total. The minimum Gasteiger partial charge on any atom is -0.494 e. The van der Waals surface area contributed by atoms with Crippen LogP contribution in [0.2, 0.25) is 5.02 Å². The van der Waals surface area contributed by atoms with Crippen LogP contribution in [0.4, 0.5) is 5.69 Å². The Morgan fingerprint density at radius 2 is 1.76 bits per heavy atom. The topological polar surface area (TPSA) is 84.6 Å². The molecule has 0 saturated heterocycles. The summed E-state index contributed by atoms with van der Waals surface area (Å²) in [6, 6.07) is 22.9. The Kier molecular flexibility index (Phi) is 8.81. The van der Waals surface area contributed by atoms with Crippen molar-refractivity contribution < 1.29 is 9.53 Å². The van der Waals surface area contributed by atoms with E-state index in [1.807, 2.05) is 91.1 Å². The predicted molar refractivity (Wildman–Crippen MR) is 150 cm³/mol. The summed E-state index contributed by atoms with van der Waals surface area (Å²) in [6.45, 7) is 2.53. The first kappa shape index (κ1) is 26.2. The molecule has 190 valence electrons. The zero-order valence-electron chi connectivity index (χ0n) is 20.8. The molecule has 8 nitrogen and oxygen atoms in total. The molecule has 37 heavy (non-hydrogen) atoms. The van der Waals surface area contributed by atoms with E-state index < -0.39 is 0 Å².